The lowest BCUT2D eigenvalue weighted by Crippen LogP contribution is -2.52. The van der Waals surface area contributed by atoms with E-state index in [-0.39, 0.29) is 0 Å². The first kappa shape index (κ1) is 6.58. The molecule has 2 N–H and O–H groups in total. The van der Waals surface area contributed by atoms with E-state index in [0.717, 1.165) is 19.1 Å². The number of piperazine rings is 1. The lowest BCUT2D eigenvalue weighted by molar-refractivity contribution is 0.105. The first-order valence-electron chi connectivity index (χ1n) is 4.10. The Hall–Kier alpha value is -0.120. The van der Waals surface area contributed by atoms with Crippen LogP contribution in [-0.4, -0.2) is 42.1 Å². The van der Waals surface area contributed by atoms with Crippen LogP contribution in [0.25, 0.3) is 0 Å². The van der Waals surface area contributed by atoms with Crippen molar-refractivity contribution in [3.05, 3.63) is 0 Å². The van der Waals surface area contributed by atoms with Crippen molar-refractivity contribution in [2.24, 2.45) is 5.84 Å². The highest BCUT2D eigenvalue weighted by Crippen LogP contribution is 2.19. The standard InChI is InChI=1S/C7H15N3/c8-10-5-4-9-3-1-2-7(9)6-10/h7H,1-6,8H2/t7-/m0/s1. The third-order valence-electron chi connectivity index (χ3n) is 2.62. The molecular formula is C7H15N3. The van der Waals surface area contributed by atoms with E-state index in [1.54, 1.807) is 0 Å². The minimum absolute atomic E-state index is 0.777. The van der Waals surface area contributed by atoms with Gasteiger partial charge in [-0.05, 0) is 19.4 Å². The molecule has 58 valence electrons. The van der Waals surface area contributed by atoms with Crippen molar-refractivity contribution in [2.75, 3.05) is 26.2 Å². The zero-order chi connectivity index (χ0) is 6.97. The highest BCUT2D eigenvalue weighted by Gasteiger charge is 2.28. The van der Waals surface area contributed by atoms with E-state index in [4.69, 9.17) is 5.84 Å². The third-order valence-corrected chi connectivity index (χ3v) is 2.62. The monoisotopic (exact) mass is 141 g/mol. The van der Waals surface area contributed by atoms with Gasteiger partial charge in [-0.1, -0.05) is 0 Å². The first-order chi connectivity index (χ1) is 4.86. The summed E-state index contributed by atoms with van der Waals surface area (Å²) in [4.78, 5) is 2.56. The lowest BCUT2D eigenvalue weighted by atomic mass is 10.2. The molecule has 1 atom stereocenters. The predicted octanol–water partition coefficient (Wildman–Crippen LogP) is -0.360. The Morgan fingerprint density at radius 1 is 1.20 bits per heavy atom. The summed E-state index contributed by atoms with van der Waals surface area (Å²) in [5.41, 5.74) is 0. The number of nitrogens with two attached hydrogens (primary N) is 1. The highest BCUT2D eigenvalue weighted by molar-refractivity contribution is 4.84. The molecule has 2 fully saturated rings. The van der Waals surface area contributed by atoms with Gasteiger partial charge in [0.25, 0.3) is 0 Å². The fourth-order valence-corrected chi connectivity index (χ4v) is 2.02. The molecular weight excluding hydrogens is 126 g/mol. The van der Waals surface area contributed by atoms with Crippen molar-refractivity contribution in [2.45, 2.75) is 18.9 Å². The number of rotatable bonds is 0. The third kappa shape index (κ3) is 1.05. The summed E-state index contributed by atoms with van der Waals surface area (Å²) in [6.45, 7) is 4.62. The maximum atomic E-state index is 5.70. The van der Waals surface area contributed by atoms with Crippen LogP contribution in [0.3, 0.4) is 0 Å². The van der Waals surface area contributed by atoms with E-state index >= 15 is 0 Å². The van der Waals surface area contributed by atoms with Gasteiger partial charge in [-0.15, -0.1) is 0 Å². The van der Waals surface area contributed by atoms with Gasteiger partial charge in [0, 0.05) is 25.7 Å². The van der Waals surface area contributed by atoms with Gasteiger partial charge in [-0.2, -0.15) is 0 Å². The molecule has 2 saturated heterocycles. The summed E-state index contributed by atoms with van der Waals surface area (Å²) >= 11 is 0. The van der Waals surface area contributed by atoms with Crippen LogP contribution in [0.2, 0.25) is 0 Å². The normalized spacial score (nSPS) is 36.3. The molecule has 3 nitrogen and oxygen atoms in total. The Kier molecular flexibility index (Phi) is 1.64. The highest BCUT2D eigenvalue weighted by atomic mass is 15.4. The quantitative estimate of drug-likeness (QED) is 0.468. The fourth-order valence-electron chi connectivity index (χ4n) is 2.02. The van der Waals surface area contributed by atoms with Crippen LogP contribution in [0.4, 0.5) is 0 Å². The molecule has 0 spiro atoms. The molecule has 2 rings (SSSR count). The van der Waals surface area contributed by atoms with Crippen LogP contribution >= 0.6 is 0 Å². The van der Waals surface area contributed by atoms with Crippen molar-refractivity contribution < 1.29 is 0 Å². The van der Waals surface area contributed by atoms with Crippen molar-refractivity contribution in [1.82, 2.24) is 9.91 Å². The van der Waals surface area contributed by atoms with Crippen LogP contribution in [0.5, 0.6) is 0 Å². The van der Waals surface area contributed by atoms with Gasteiger partial charge < -0.3 is 0 Å². The first-order valence-corrected chi connectivity index (χ1v) is 4.10. The summed E-state index contributed by atoms with van der Waals surface area (Å²) in [5, 5.41) is 1.95. The Morgan fingerprint density at radius 2 is 2.10 bits per heavy atom. The SMILES string of the molecule is NN1CCN2CCC[C@H]2C1. The van der Waals surface area contributed by atoms with Crippen LogP contribution < -0.4 is 5.84 Å². The van der Waals surface area contributed by atoms with Gasteiger partial charge >= 0.3 is 0 Å². The van der Waals surface area contributed by atoms with Crippen LogP contribution in [-0.2, 0) is 0 Å². The number of hydrazine groups is 1. The Labute approximate surface area is 61.7 Å². The maximum Gasteiger partial charge on any atom is 0.0285 e. The number of hydrogen-bond acceptors (Lipinski definition) is 3. The van der Waals surface area contributed by atoms with E-state index < -0.39 is 0 Å². The van der Waals surface area contributed by atoms with Crippen molar-refractivity contribution in [3.63, 3.8) is 0 Å². The summed E-state index contributed by atoms with van der Waals surface area (Å²) in [6.07, 6.45) is 2.73. The molecule has 0 aliphatic carbocycles. The van der Waals surface area contributed by atoms with Crippen molar-refractivity contribution in [1.29, 1.82) is 0 Å². The molecule has 0 aromatic heterocycles. The number of nitrogens with zero attached hydrogens (tertiary/aromatic N) is 2. The average molecular weight is 141 g/mol. The van der Waals surface area contributed by atoms with Crippen LogP contribution in [0, 0.1) is 0 Å². The molecule has 0 aromatic rings. The molecule has 0 saturated carbocycles. The molecule has 2 heterocycles. The molecule has 2 aliphatic rings. The van der Waals surface area contributed by atoms with E-state index in [1.807, 2.05) is 5.01 Å². The maximum absolute atomic E-state index is 5.70. The second-order valence-corrected chi connectivity index (χ2v) is 3.33. The van der Waals surface area contributed by atoms with Crippen molar-refractivity contribution in [3.8, 4) is 0 Å². The summed E-state index contributed by atoms with van der Waals surface area (Å²) in [5.74, 6) is 5.70. The van der Waals surface area contributed by atoms with E-state index in [1.165, 1.54) is 25.9 Å². The molecule has 0 unspecified atom stereocenters. The van der Waals surface area contributed by atoms with Gasteiger partial charge in [-0.3, -0.25) is 10.7 Å². The van der Waals surface area contributed by atoms with Crippen LogP contribution in [0.15, 0.2) is 0 Å². The topological polar surface area (TPSA) is 32.5 Å². The van der Waals surface area contributed by atoms with E-state index in [2.05, 4.69) is 4.90 Å². The second-order valence-electron chi connectivity index (χ2n) is 3.33. The molecule has 3 heteroatoms. The van der Waals surface area contributed by atoms with Gasteiger partial charge in [0.2, 0.25) is 0 Å². The molecule has 0 bridgehead atoms. The van der Waals surface area contributed by atoms with Crippen molar-refractivity contribution >= 4 is 0 Å². The van der Waals surface area contributed by atoms with E-state index in [0.29, 0.717) is 0 Å². The molecule has 0 aromatic carbocycles. The molecule has 10 heavy (non-hydrogen) atoms. The van der Waals surface area contributed by atoms with Gasteiger partial charge in [0.05, 0.1) is 0 Å². The molecule has 0 radical (unpaired) electrons. The zero-order valence-electron chi connectivity index (χ0n) is 6.29. The van der Waals surface area contributed by atoms with Crippen LogP contribution in [0.1, 0.15) is 12.8 Å². The summed E-state index contributed by atoms with van der Waals surface area (Å²) in [7, 11) is 0. The largest absolute Gasteiger partial charge is 0.298 e. The minimum atomic E-state index is 0.777. The summed E-state index contributed by atoms with van der Waals surface area (Å²) < 4.78 is 0. The fraction of sp³-hybridized carbons (Fsp3) is 1.00. The Balaban J connectivity index is 1.96. The predicted molar refractivity (Wildman–Crippen MR) is 40.4 cm³/mol. The number of hydrogen-bond donors (Lipinski definition) is 1. The Bertz CT molecular complexity index is 126. The average Bonchev–Trinajstić information content (AvgIpc) is 2.33. The van der Waals surface area contributed by atoms with Gasteiger partial charge in [0.1, 0.15) is 0 Å². The number of fused-ring (bicyclic) bond motifs is 1. The van der Waals surface area contributed by atoms with Gasteiger partial charge in [-0.25, -0.2) is 5.01 Å². The molecule has 2 aliphatic heterocycles. The smallest absolute Gasteiger partial charge is 0.0285 e. The Morgan fingerprint density at radius 3 is 3.00 bits per heavy atom. The molecule has 0 amide bonds. The lowest BCUT2D eigenvalue weighted by Gasteiger charge is -2.34. The minimum Gasteiger partial charge on any atom is -0.298 e. The van der Waals surface area contributed by atoms with E-state index in [9.17, 15) is 0 Å². The second kappa shape index (κ2) is 2.49. The zero-order valence-corrected chi connectivity index (χ0v) is 6.29. The summed E-state index contributed by atoms with van der Waals surface area (Å²) in [6, 6.07) is 0.777. The van der Waals surface area contributed by atoms with Gasteiger partial charge in [0.15, 0.2) is 0 Å².